The average molecular weight is 259 g/mol. The van der Waals surface area contributed by atoms with Gasteiger partial charge in [0, 0.05) is 16.3 Å². The summed E-state index contributed by atoms with van der Waals surface area (Å²) in [5, 5.41) is 2.74. The summed E-state index contributed by atoms with van der Waals surface area (Å²) in [4.78, 5) is 1.55. The third-order valence-corrected chi connectivity index (χ3v) is 6.01. The first-order valence-electron chi connectivity index (χ1n) is 6.71. The quantitative estimate of drug-likeness (QED) is 0.757. The molecule has 94 valence electrons. The van der Waals surface area contributed by atoms with Crippen LogP contribution >= 0.6 is 0 Å². The van der Waals surface area contributed by atoms with E-state index in [0.717, 1.165) is 12.4 Å². The smallest absolute Gasteiger partial charge is 0.162 e. The maximum Gasteiger partial charge on any atom is 0.162 e. The summed E-state index contributed by atoms with van der Waals surface area (Å²) >= 11 is 0. The number of benzene rings is 2. The van der Waals surface area contributed by atoms with Gasteiger partial charge in [0.25, 0.3) is 0 Å². The molecule has 0 aromatic heterocycles. The van der Waals surface area contributed by atoms with Crippen LogP contribution in [0.4, 0.5) is 0 Å². The number of ether oxygens (including phenoxy) is 1. The highest BCUT2D eigenvalue weighted by atomic mass is 32.2. The molecule has 0 unspecified atom stereocenters. The largest absolute Gasteiger partial charge is 0.494 e. The highest BCUT2D eigenvalue weighted by molar-refractivity contribution is 7.97. The molecule has 2 aromatic rings. The average Bonchev–Trinajstić information content (AvgIpc) is 2.92. The summed E-state index contributed by atoms with van der Waals surface area (Å²) in [6, 6.07) is 13.2. The zero-order valence-corrected chi connectivity index (χ0v) is 11.6. The molecular formula is C16H19OS+. The van der Waals surface area contributed by atoms with E-state index in [9.17, 15) is 0 Å². The predicted molar refractivity (Wildman–Crippen MR) is 79.7 cm³/mol. The van der Waals surface area contributed by atoms with Crippen molar-refractivity contribution in [3.8, 4) is 5.75 Å². The molecule has 0 radical (unpaired) electrons. The van der Waals surface area contributed by atoms with Gasteiger partial charge in [-0.15, -0.1) is 0 Å². The lowest BCUT2D eigenvalue weighted by molar-refractivity contribution is 0.340. The van der Waals surface area contributed by atoms with Crippen LogP contribution in [-0.4, -0.2) is 18.1 Å². The number of fused-ring (bicyclic) bond motifs is 1. The lowest BCUT2D eigenvalue weighted by atomic mass is 10.1. The second-order valence-electron chi connectivity index (χ2n) is 4.68. The van der Waals surface area contributed by atoms with Gasteiger partial charge in [0.05, 0.1) is 6.61 Å². The lowest BCUT2D eigenvalue weighted by Gasteiger charge is -2.08. The van der Waals surface area contributed by atoms with Crippen molar-refractivity contribution >= 4 is 21.7 Å². The lowest BCUT2D eigenvalue weighted by Crippen LogP contribution is -2.04. The topological polar surface area (TPSA) is 9.23 Å². The summed E-state index contributed by atoms with van der Waals surface area (Å²) in [5.41, 5.74) is 0. The maximum atomic E-state index is 5.63. The van der Waals surface area contributed by atoms with Gasteiger partial charge in [-0.2, -0.15) is 0 Å². The molecule has 1 heterocycles. The van der Waals surface area contributed by atoms with Gasteiger partial charge in [-0.1, -0.05) is 18.2 Å². The van der Waals surface area contributed by atoms with E-state index in [0.29, 0.717) is 10.9 Å². The Hall–Kier alpha value is -1.15. The van der Waals surface area contributed by atoms with E-state index < -0.39 is 0 Å². The monoisotopic (exact) mass is 259 g/mol. The molecule has 2 aromatic carbocycles. The van der Waals surface area contributed by atoms with Crippen molar-refractivity contribution in [1.82, 2.24) is 0 Å². The standard InChI is InChI=1S/C16H19OS/c1-2-17-14-9-8-13-6-5-7-16(15(13)12-14)18-10-3-4-11-18/h5-9,12H,2-4,10-11H2,1H3/q+1. The van der Waals surface area contributed by atoms with Crippen molar-refractivity contribution in [1.29, 1.82) is 0 Å². The highest BCUT2D eigenvalue weighted by Crippen LogP contribution is 2.31. The Bertz CT molecular complexity index is 544. The van der Waals surface area contributed by atoms with E-state index in [-0.39, 0.29) is 0 Å². The van der Waals surface area contributed by atoms with E-state index in [1.165, 1.54) is 35.1 Å². The number of hydrogen-bond donors (Lipinski definition) is 0. The Kier molecular flexibility index (Phi) is 3.46. The van der Waals surface area contributed by atoms with Crippen LogP contribution in [-0.2, 0) is 10.9 Å². The SMILES string of the molecule is CCOc1ccc2cccc([S+]3CCCC3)c2c1. The first kappa shape index (κ1) is 11.9. The number of rotatable bonds is 3. The van der Waals surface area contributed by atoms with Crippen molar-refractivity contribution in [2.24, 2.45) is 0 Å². The van der Waals surface area contributed by atoms with Gasteiger partial charge < -0.3 is 4.74 Å². The third kappa shape index (κ3) is 2.22. The van der Waals surface area contributed by atoms with Gasteiger partial charge in [0.15, 0.2) is 4.90 Å². The van der Waals surface area contributed by atoms with Crippen molar-refractivity contribution in [2.75, 3.05) is 18.1 Å². The fourth-order valence-electron chi connectivity index (χ4n) is 2.61. The van der Waals surface area contributed by atoms with E-state index >= 15 is 0 Å². The molecule has 2 heteroatoms. The minimum absolute atomic E-state index is 0.467. The second-order valence-corrected chi connectivity index (χ2v) is 6.92. The fraction of sp³-hybridized carbons (Fsp3) is 0.375. The molecule has 1 fully saturated rings. The zero-order chi connectivity index (χ0) is 12.4. The van der Waals surface area contributed by atoms with Gasteiger partial charge in [0.2, 0.25) is 0 Å². The molecule has 1 aliphatic heterocycles. The summed E-state index contributed by atoms with van der Waals surface area (Å²) in [6.45, 7) is 2.77. The van der Waals surface area contributed by atoms with Gasteiger partial charge in [-0.25, -0.2) is 0 Å². The molecule has 0 N–H and O–H groups in total. The van der Waals surface area contributed by atoms with Crippen LogP contribution in [0.2, 0.25) is 0 Å². The normalized spacial score (nSPS) is 16.3. The minimum Gasteiger partial charge on any atom is -0.494 e. The molecule has 1 saturated heterocycles. The molecular weight excluding hydrogens is 240 g/mol. The van der Waals surface area contributed by atoms with E-state index in [1.807, 2.05) is 6.92 Å². The fourth-order valence-corrected chi connectivity index (χ4v) is 5.11. The molecule has 18 heavy (non-hydrogen) atoms. The van der Waals surface area contributed by atoms with E-state index in [2.05, 4.69) is 36.4 Å². The molecule has 0 aliphatic carbocycles. The van der Waals surface area contributed by atoms with Crippen LogP contribution in [0.5, 0.6) is 5.75 Å². The Morgan fingerprint density at radius 2 is 1.94 bits per heavy atom. The minimum atomic E-state index is 0.467. The summed E-state index contributed by atoms with van der Waals surface area (Å²) in [6.07, 6.45) is 2.79. The van der Waals surface area contributed by atoms with Crippen molar-refractivity contribution < 1.29 is 4.74 Å². The van der Waals surface area contributed by atoms with E-state index in [4.69, 9.17) is 4.74 Å². The first-order valence-corrected chi connectivity index (χ1v) is 8.28. The van der Waals surface area contributed by atoms with Crippen molar-refractivity contribution in [2.45, 2.75) is 24.7 Å². The van der Waals surface area contributed by atoms with E-state index in [1.54, 1.807) is 4.90 Å². The molecule has 3 rings (SSSR count). The molecule has 1 nitrogen and oxygen atoms in total. The number of hydrogen-bond acceptors (Lipinski definition) is 1. The van der Waals surface area contributed by atoms with Gasteiger partial charge in [-0.05, 0) is 43.4 Å². The van der Waals surface area contributed by atoms with Crippen LogP contribution in [0.25, 0.3) is 10.8 Å². The molecule has 0 amide bonds. The predicted octanol–water partition coefficient (Wildman–Crippen LogP) is 4.01. The van der Waals surface area contributed by atoms with Crippen LogP contribution in [0.1, 0.15) is 19.8 Å². The Balaban J connectivity index is 2.08. The Morgan fingerprint density at radius 1 is 1.11 bits per heavy atom. The van der Waals surface area contributed by atoms with Gasteiger partial charge in [-0.3, -0.25) is 0 Å². The maximum absolute atomic E-state index is 5.63. The molecule has 0 spiro atoms. The Labute approximate surface area is 112 Å². The second kappa shape index (κ2) is 5.23. The molecule has 1 aliphatic rings. The summed E-state index contributed by atoms with van der Waals surface area (Å²) < 4.78 is 5.63. The van der Waals surface area contributed by atoms with Crippen LogP contribution < -0.4 is 4.74 Å². The van der Waals surface area contributed by atoms with Crippen LogP contribution in [0, 0.1) is 0 Å². The van der Waals surface area contributed by atoms with Crippen molar-refractivity contribution in [3.63, 3.8) is 0 Å². The molecule has 0 atom stereocenters. The summed E-state index contributed by atoms with van der Waals surface area (Å²) in [7, 11) is 0.467. The van der Waals surface area contributed by atoms with Gasteiger partial charge in [0.1, 0.15) is 17.3 Å². The zero-order valence-electron chi connectivity index (χ0n) is 10.8. The Morgan fingerprint density at radius 3 is 2.72 bits per heavy atom. The third-order valence-electron chi connectivity index (χ3n) is 3.47. The molecule has 0 bridgehead atoms. The van der Waals surface area contributed by atoms with Crippen molar-refractivity contribution in [3.05, 3.63) is 36.4 Å². The van der Waals surface area contributed by atoms with Gasteiger partial charge >= 0.3 is 0 Å². The van der Waals surface area contributed by atoms with Crippen LogP contribution in [0.15, 0.2) is 41.3 Å². The molecule has 0 saturated carbocycles. The van der Waals surface area contributed by atoms with Crippen LogP contribution in [0.3, 0.4) is 0 Å². The highest BCUT2D eigenvalue weighted by Gasteiger charge is 2.28. The summed E-state index contributed by atoms with van der Waals surface area (Å²) in [5.74, 6) is 3.75. The first-order chi connectivity index (χ1) is 8.88.